The third kappa shape index (κ3) is 3.35. The number of rotatable bonds is 5. The lowest BCUT2D eigenvalue weighted by atomic mass is 10.1. The molecule has 1 fully saturated rings. The van der Waals surface area contributed by atoms with Gasteiger partial charge in [0.25, 0.3) is 0 Å². The number of fused-ring (bicyclic) bond motifs is 1. The highest BCUT2D eigenvalue weighted by atomic mass is 32.2. The van der Waals surface area contributed by atoms with E-state index in [-0.39, 0.29) is 10.9 Å². The van der Waals surface area contributed by atoms with Crippen LogP contribution in [0.3, 0.4) is 0 Å². The highest BCUT2D eigenvalue weighted by Crippen LogP contribution is 2.43. The van der Waals surface area contributed by atoms with E-state index in [2.05, 4.69) is 43.3 Å². The molecule has 0 atom stereocenters. The Labute approximate surface area is 129 Å². The quantitative estimate of drug-likeness (QED) is 0.651. The van der Waals surface area contributed by atoms with Crippen LogP contribution in [-0.4, -0.2) is 31.3 Å². The van der Waals surface area contributed by atoms with Crippen molar-refractivity contribution in [1.29, 1.82) is 0 Å². The summed E-state index contributed by atoms with van der Waals surface area (Å²) in [7, 11) is -0.0756. The molecule has 2 aromatic rings. The van der Waals surface area contributed by atoms with Gasteiger partial charge in [-0.3, -0.25) is 0 Å². The molecular weight excluding hydrogens is 280 g/mol. The molecule has 0 bridgehead atoms. The molecule has 1 heterocycles. The van der Waals surface area contributed by atoms with Gasteiger partial charge in [0.05, 0.1) is 19.8 Å². The largest absolute Gasteiger partial charge is 0.493 e. The van der Waals surface area contributed by atoms with Crippen LogP contribution in [0, 0.1) is 0 Å². The number of hydrogen-bond acceptors (Lipinski definition) is 2. The summed E-state index contributed by atoms with van der Waals surface area (Å²) >= 11 is 0. The molecule has 0 radical (unpaired) electrons. The van der Waals surface area contributed by atoms with Gasteiger partial charge in [-0.25, -0.2) is 10.9 Å². The average molecular weight is 304 g/mol. The first kappa shape index (κ1) is 14.7. The fraction of sp³-hybridized carbons (Fsp3) is 0.444. The van der Waals surface area contributed by atoms with E-state index in [1.807, 2.05) is 0 Å². The Balaban J connectivity index is 1.93. The zero-order chi connectivity index (χ0) is 14.5. The van der Waals surface area contributed by atoms with Crippen LogP contribution in [0.25, 0.3) is 10.8 Å². The number of thiol groups is 1. The molecule has 3 rings (SSSR count). The van der Waals surface area contributed by atoms with Crippen LogP contribution in [0.15, 0.2) is 41.3 Å². The summed E-state index contributed by atoms with van der Waals surface area (Å²) in [5, 5.41) is 2.64. The van der Waals surface area contributed by atoms with Gasteiger partial charge in [-0.2, -0.15) is 0 Å². The lowest BCUT2D eigenvalue weighted by Crippen LogP contribution is -2.15. The van der Waals surface area contributed by atoms with Gasteiger partial charge in [0, 0.05) is 16.9 Å². The minimum Gasteiger partial charge on any atom is -0.493 e. The fourth-order valence-electron chi connectivity index (χ4n) is 2.79. The Kier molecular flexibility index (Phi) is 5.04. The van der Waals surface area contributed by atoms with Gasteiger partial charge in [0.1, 0.15) is 5.75 Å². The second kappa shape index (κ2) is 7.19. The summed E-state index contributed by atoms with van der Waals surface area (Å²) in [5.74, 6) is 3.41. The molecule has 0 unspecified atom stereocenters. The lowest BCUT2D eigenvalue weighted by Gasteiger charge is -2.28. The van der Waals surface area contributed by atoms with Gasteiger partial charge in [-0.15, -0.1) is 0 Å². The number of ether oxygens (including phenoxy) is 2. The maximum Gasteiger partial charge on any atom is 0.127 e. The normalized spacial score (nSPS) is 17.1. The van der Waals surface area contributed by atoms with Gasteiger partial charge in [0.2, 0.25) is 0 Å². The van der Waals surface area contributed by atoms with E-state index in [9.17, 15) is 0 Å². The van der Waals surface area contributed by atoms with E-state index in [0.29, 0.717) is 0 Å². The van der Waals surface area contributed by atoms with Crippen LogP contribution in [0.4, 0.5) is 0 Å². The predicted octanol–water partition coefficient (Wildman–Crippen LogP) is 4.41. The molecule has 2 nitrogen and oxygen atoms in total. The van der Waals surface area contributed by atoms with E-state index in [0.717, 1.165) is 32.0 Å². The number of benzene rings is 2. The Hall–Kier alpha value is -1.19. The Morgan fingerprint density at radius 3 is 2.57 bits per heavy atom. The van der Waals surface area contributed by atoms with Crippen molar-refractivity contribution >= 4 is 21.7 Å². The molecule has 0 spiro atoms. The third-order valence-electron chi connectivity index (χ3n) is 3.97. The third-order valence-corrected chi connectivity index (χ3v) is 6.48. The Morgan fingerprint density at radius 1 is 1.05 bits per heavy atom. The number of unbranched alkanes of at least 4 members (excludes halogenated alkanes) is 1. The maximum atomic E-state index is 5.98. The van der Waals surface area contributed by atoms with Crippen LogP contribution < -0.4 is 4.74 Å². The topological polar surface area (TPSA) is 18.5 Å². The minimum atomic E-state index is -0.0756. The smallest absolute Gasteiger partial charge is 0.127 e. The van der Waals surface area contributed by atoms with Crippen molar-refractivity contribution in [3.05, 3.63) is 36.4 Å². The summed E-state index contributed by atoms with van der Waals surface area (Å²) in [4.78, 5) is 1.52. The second-order valence-electron chi connectivity index (χ2n) is 5.43. The van der Waals surface area contributed by atoms with Crippen molar-refractivity contribution in [2.24, 2.45) is 0 Å². The molecule has 1 aliphatic heterocycles. The molecule has 114 valence electrons. The summed E-state index contributed by atoms with van der Waals surface area (Å²) in [6.45, 7) is 4.82. The van der Waals surface area contributed by atoms with E-state index < -0.39 is 0 Å². The zero-order valence-corrected chi connectivity index (χ0v) is 13.6. The second-order valence-corrected chi connectivity index (χ2v) is 7.89. The van der Waals surface area contributed by atoms with Gasteiger partial charge in [-0.1, -0.05) is 37.6 Å². The van der Waals surface area contributed by atoms with Crippen molar-refractivity contribution in [2.75, 3.05) is 31.3 Å². The van der Waals surface area contributed by atoms with Crippen LogP contribution >= 0.6 is 10.9 Å². The molecule has 21 heavy (non-hydrogen) atoms. The van der Waals surface area contributed by atoms with E-state index >= 15 is 0 Å². The molecule has 1 aliphatic rings. The molecule has 3 heteroatoms. The van der Waals surface area contributed by atoms with E-state index in [4.69, 9.17) is 9.47 Å². The summed E-state index contributed by atoms with van der Waals surface area (Å²) in [6.07, 6.45) is 2.28. The molecule has 1 saturated heterocycles. The Morgan fingerprint density at radius 2 is 1.81 bits per heavy atom. The Bertz CT molecular complexity index is 591. The molecular formula is C18H24O2S. The van der Waals surface area contributed by atoms with Crippen LogP contribution in [-0.2, 0) is 4.74 Å². The van der Waals surface area contributed by atoms with Gasteiger partial charge in [0.15, 0.2) is 0 Å². The molecule has 0 aliphatic carbocycles. The van der Waals surface area contributed by atoms with E-state index in [1.165, 1.54) is 33.6 Å². The van der Waals surface area contributed by atoms with Crippen LogP contribution in [0.2, 0.25) is 0 Å². The van der Waals surface area contributed by atoms with Crippen molar-refractivity contribution in [2.45, 2.75) is 24.7 Å². The fourth-order valence-corrected chi connectivity index (χ4v) is 5.01. The molecule has 0 amide bonds. The predicted molar refractivity (Wildman–Crippen MR) is 92.2 cm³/mol. The highest BCUT2D eigenvalue weighted by Gasteiger charge is 2.16. The average Bonchev–Trinajstić information content (AvgIpc) is 2.56. The molecule has 0 aromatic heterocycles. The van der Waals surface area contributed by atoms with Gasteiger partial charge < -0.3 is 9.47 Å². The molecule has 0 saturated carbocycles. The van der Waals surface area contributed by atoms with Crippen LogP contribution in [0.1, 0.15) is 19.8 Å². The van der Waals surface area contributed by atoms with Crippen molar-refractivity contribution in [1.82, 2.24) is 0 Å². The zero-order valence-electron chi connectivity index (χ0n) is 12.7. The summed E-state index contributed by atoms with van der Waals surface area (Å²) < 4.78 is 11.5. The van der Waals surface area contributed by atoms with Gasteiger partial charge >= 0.3 is 0 Å². The maximum absolute atomic E-state index is 5.98. The van der Waals surface area contributed by atoms with E-state index in [1.54, 1.807) is 0 Å². The highest BCUT2D eigenvalue weighted by molar-refractivity contribution is 8.17. The molecule has 2 aromatic carbocycles. The van der Waals surface area contributed by atoms with Crippen LogP contribution in [0.5, 0.6) is 5.75 Å². The van der Waals surface area contributed by atoms with Gasteiger partial charge in [-0.05, 0) is 28.8 Å². The van der Waals surface area contributed by atoms with Crippen molar-refractivity contribution in [3.8, 4) is 5.75 Å². The monoisotopic (exact) mass is 304 g/mol. The number of hydrogen-bond donors (Lipinski definition) is 1. The lowest BCUT2D eigenvalue weighted by molar-refractivity contribution is 0.160. The standard InChI is InChI=1S/C18H24O2S/c1-2-3-10-20-17-8-9-18(21-13-11-19-12-14-21)16-7-5-4-6-15(16)17/h4-9,21H,2-3,10-14H2,1H3. The summed E-state index contributed by atoms with van der Waals surface area (Å²) in [5.41, 5.74) is 0. The first-order valence-electron chi connectivity index (χ1n) is 7.87. The SMILES string of the molecule is CCCCOc1ccc([SH]2CCOCC2)c2ccccc12. The summed E-state index contributed by atoms with van der Waals surface area (Å²) in [6, 6.07) is 13.1. The van der Waals surface area contributed by atoms with Crippen molar-refractivity contribution < 1.29 is 9.47 Å². The first-order chi connectivity index (χ1) is 10.4. The first-order valence-corrected chi connectivity index (χ1v) is 9.58. The van der Waals surface area contributed by atoms with Crippen molar-refractivity contribution in [3.63, 3.8) is 0 Å². The minimum absolute atomic E-state index is 0.0756. The molecule has 0 N–H and O–H groups in total.